The fourth-order valence-electron chi connectivity index (χ4n) is 3.12. The highest BCUT2D eigenvalue weighted by Crippen LogP contribution is 2.33. The van der Waals surface area contributed by atoms with E-state index in [0.717, 1.165) is 37.3 Å². The summed E-state index contributed by atoms with van der Waals surface area (Å²) in [6, 6.07) is 7.50. The van der Waals surface area contributed by atoms with Gasteiger partial charge in [-0.05, 0) is 44.9 Å². The van der Waals surface area contributed by atoms with E-state index >= 15 is 0 Å². The van der Waals surface area contributed by atoms with Gasteiger partial charge in [0.2, 0.25) is 0 Å². The van der Waals surface area contributed by atoms with Crippen LogP contribution in [0.25, 0.3) is 0 Å². The smallest absolute Gasteiger partial charge is 0.161 e. The van der Waals surface area contributed by atoms with Gasteiger partial charge in [-0.2, -0.15) is 5.26 Å². The molecule has 1 aliphatic heterocycles. The summed E-state index contributed by atoms with van der Waals surface area (Å²) >= 11 is 1.71. The number of thiazole rings is 1. The molecule has 0 N–H and O–H groups in total. The maximum absolute atomic E-state index is 11.9. The van der Waals surface area contributed by atoms with Crippen molar-refractivity contribution in [3.8, 4) is 6.07 Å². The zero-order valence-corrected chi connectivity index (χ0v) is 14.2. The molecule has 5 heteroatoms. The zero-order valence-electron chi connectivity index (χ0n) is 13.4. The van der Waals surface area contributed by atoms with Crippen molar-refractivity contribution in [1.29, 1.82) is 5.26 Å². The molecule has 1 atom stereocenters. The average Bonchev–Trinajstić information content (AvgIpc) is 3.01. The van der Waals surface area contributed by atoms with Crippen molar-refractivity contribution in [2.45, 2.75) is 32.6 Å². The summed E-state index contributed by atoms with van der Waals surface area (Å²) in [4.78, 5) is 18.8. The number of nitriles is 1. The number of nitrogens with zero attached hydrogens (tertiary/aromatic N) is 3. The molecule has 0 bridgehead atoms. The van der Waals surface area contributed by atoms with E-state index in [2.05, 4.69) is 21.3 Å². The van der Waals surface area contributed by atoms with E-state index in [9.17, 15) is 4.79 Å². The van der Waals surface area contributed by atoms with Crippen molar-refractivity contribution in [1.82, 2.24) is 4.98 Å². The van der Waals surface area contributed by atoms with Gasteiger partial charge >= 0.3 is 0 Å². The van der Waals surface area contributed by atoms with Crippen molar-refractivity contribution < 1.29 is 4.79 Å². The Kier molecular flexibility index (Phi) is 4.44. The van der Waals surface area contributed by atoms with Gasteiger partial charge in [0.1, 0.15) is 0 Å². The molecule has 1 aromatic carbocycles. The Bertz CT molecular complexity index is 775. The van der Waals surface area contributed by atoms with Gasteiger partial charge in [0, 0.05) is 41.3 Å². The van der Waals surface area contributed by atoms with Crippen LogP contribution in [0.5, 0.6) is 0 Å². The van der Waals surface area contributed by atoms with E-state index in [1.165, 1.54) is 5.01 Å². The molecule has 3 rings (SSSR count). The molecular weight excluding hydrogens is 306 g/mol. The second-order valence-corrected chi connectivity index (χ2v) is 6.90. The summed E-state index contributed by atoms with van der Waals surface area (Å²) in [6.07, 6.45) is 2.19. The van der Waals surface area contributed by atoms with Crippen molar-refractivity contribution >= 4 is 22.8 Å². The van der Waals surface area contributed by atoms with Crippen LogP contribution in [0.1, 0.15) is 52.3 Å². The Balaban J connectivity index is 1.92. The predicted octanol–water partition coefficient (Wildman–Crippen LogP) is 3.91. The molecule has 0 spiro atoms. The molecule has 1 aromatic heterocycles. The Morgan fingerprint density at radius 3 is 2.96 bits per heavy atom. The lowest BCUT2D eigenvalue weighted by atomic mass is 9.96. The fourth-order valence-corrected chi connectivity index (χ4v) is 4.04. The average molecular weight is 325 g/mol. The third kappa shape index (κ3) is 3.27. The minimum absolute atomic E-state index is 0.0386. The molecule has 1 saturated heterocycles. The first-order valence-corrected chi connectivity index (χ1v) is 8.68. The summed E-state index contributed by atoms with van der Waals surface area (Å²) in [5.41, 5.74) is 3.24. The first kappa shape index (κ1) is 15.7. The Morgan fingerprint density at radius 1 is 1.48 bits per heavy atom. The number of ketones is 1. The van der Waals surface area contributed by atoms with Gasteiger partial charge in [-0.15, -0.1) is 11.3 Å². The SMILES string of the molecule is CC(=O)c1ccc(C#N)cc1N1CCCC(c2nc(C)cs2)C1. The van der Waals surface area contributed by atoms with Crippen LogP contribution in [0, 0.1) is 18.3 Å². The maximum atomic E-state index is 11.9. The minimum atomic E-state index is 0.0386. The van der Waals surface area contributed by atoms with Crippen molar-refractivity contribution in [3.05, 3.63) is 45.4 Å². The van der Waals surface area contributed by atoms with Gasteiger partial charge in [-0.1, -0.05) is 0 Å². The second-order valence-electron chi connectivity index (χ2n) is 6.01. The van der Waals surface area contributed by atoms with Gasteiger partial charge in [0.25, 0.3) is 0 Å². The van der Waals surface area contributed by atoms with Crippen LogP contribution in [-0.2, 0) is 0 Å². The molecule has 1 fully saturated rings. The zero-order chi connectivity index (χ0) is 16.4. The monoisotopic (exact) mass is 325 g/mol. The first-order chi connectivity index (χ1) is 11.1. The lowest BCUT2D eigenvalue weighted by Crippen LogP contribution is -2.35. The topological polar surface area (TPSA) is 57.0 Å². The number of anilines is 1. The van der Waals surface area contributed by atoms with Gasteiger partial charge < -0.3 is 4.90 Å². The van der Waals surface area contributed by atoms with E-state index in [1.54, 1.807) is 30.4 Å². The Morgan fingerprint density at radius 2 is 2.30 bits per heavy atom. The summed E-state index contributed by atoms with van der Waals surface area (Å²) in [7, 11) is 0. The number of rotatable bonds is 3. The predicted molar refractivity (Wildman–Crippen MR) is 92.2 cm³/mol. The highest BCUT2D eigenvalue weighted by molar-refractivity contribution is 7.09. The molecular formula is C18H19N3OS. The molecule has 1 unspecified atom stereocenters. The van der Waals surface area contributed by atoms with E-state index in [1.807, 2.05) is 13.0 Å². The normalized spacial score (nSPS) is 17.8. The summed E-state index contributed by atoms with van der Waals surface area (Å²) in [5.74, 6) is 0.435. The van der Waals surface area contributed by atoms with Crippen LogP contribution in [0.15, 0.2) is 23.6 Å². The fraction of sp³-hybridized carbons (Fsp3) is 0.389. The summed E-state index contributed by atoms with van der Waals surface area (Å²) in [5, 5.41) is 12.4. The first-order valence-electron chi connectivity index (χ1n) is 7.80. The molecule has 4 nitrogen and oxygen atoms in total. The van der Waals surface area contributed by atoms with E-state index in [4.69, 9.17) is 5.26 Å². The molecule has 23 heavy (non-hydrogen) atoms. The van der Waals surface area contributed by atoms with E-state index in [-0.39, 0.29) is 5.78 Å². The Labute approximate surface area is 140 Å². The number of aromatic nitrogens is 1. The lowest BCUT2D eigenvalue weighted by molar-refractivity contribution is 0.101. The van der Waals surface area contributed by atoms with Gasteiger partial charge in [-0.25, -0.2) is 4.98 Å². The summed E-state index contributed by atoms with van der Waals surface area (Å²) < 4.78 is 0. The molecule has 0 aliphatic carbocycles. The molecule has 0 saturated carbocycles. The number of piperidine rings is 1. The maximum Gasteiger partial charge on any atom is 0.161 e. The standard InChI is InChI=1S/C18H19N3OS/c1-12-11-23-18(20-12)15-4-3-7-21(10-15)17-8-14(9-19)5-6-16(17)13(2)22/h5-6,8,11,15H,3-4,7,10H2,1-2H3. The number of aryl methyl sites for hydroxylation is 1. The number of benzene rings is 1. The van der Waals surface area contributed by atoms with Gasteiger partial charge in [0.15, 0.2) is 5.78 Å². The van der Waals surface area contributed by atoms with Crippen LogP contribution >= 0.6 is 11.3 Å². The highest BCUT2D eigenvalue weighted by atomic mass is 32.1. The lowest BCUT2D eigenvalue weighted by Gasteiger charge is -2.34. The van der Waals surface area contributed by atoms with Gasteiger partial charge in [0.05, 0.1) is 16.6 Å². The molecule has 1 aliphatic rings. The molecule has 0 amide bonds. The third-order valence-electron chi connectivity index (χ3n) is 4.25. The number of hydrogen-bond donors (Lipinski definition) is 0. The quantitative estimate of drug-likeness (QED) is 0.803. The van der Waals surface area contributed by atoms with Crippen LogP contribution in [0.3, 0.4) is 0 Å². The van der Waals surface area contributed by atoms with Crippen molar-refractivity contribution in [2.24, 2.45) is 0 Å². The largest absolute Gasteiger partial charge is 0.370 e. The number of Topliss-reactive ketones (excluding diaryl/α,β-unsaturated/α-hetero) is 1. The molecule has 2 heterocycles. The van der Waals surface area contributed by atoms with E-state index in [0.29, 0.717) is 17.0 Å². The summed E-state index contributed by atoms with van der Waals surface area (Å²) in [6.45, 7) is 5.36. The van der Waals surface area contributed by atoms with Crippen LogP contribution < -0.4 is 4.90 Å². The second kappa shape index (κ2) is 6.51. The van der Waals surface area contributed by atoms with Crippen LogP contribution in [0.2, 0.25) is 0 Å². The van der Waals surface area contributed by atoms with Crippen LogP contribution in [-0.4, -0.2) is 23.9 Å². The van der Waals surface area contributed by atoms with Crippen molar-refractivity contribution in [2.75, 3.05) is 18.0 Å². The minimum Gasteiger partial charge on any atom is -0.370 e. The van der Waals surface area contributed by atoms with Crippen molar-refractivity contribution in [3.63, 3.8) is 0 Å². The third-order valence-corrected chi connectivity index (χ3v) is 5.38. The number of hydrogen-bond acceptors (Lipinski definition) is 5. The molecule has 0 radical (unpaired) electrons. The molecule has 2 aromatic rings. The van der Waals surface area contributed by atoms with Crippen LogP contribution in [0.4, 0.5) is 5.69 Å². The Hall–Kier alpha value is -2.19. The number of carbonyl (C=O) groups excluding carboxylic acids is 1. The number of carbonyl (C=O) groups is 1. The molecule has 118 valence electrons. The van der Waals surface area contributed by atoms with Gasteiger partial charge in [-0.3, -0.25) is 4.79 Å². The van der Waals surface area contributed by atoms with E-state index < -0.39 is 0 Å². The highest BCUT2D eigenvalue weighted by Gasteiger charge is 2.25.